The molecule has 2 N–H and O–H groups in total. The fourth-order valence-corrected chi connectivity index (χ4v) is 0.993. The van der Waals surface area contributed by atoms with E-state index in [-0.39, 0.29) is 0 Å². The molecule has 0 fully saturated rings. The van der Waals surface area contributed by atoms with Crippen LogP contribution in [0.4, 0.5) is 11.5 Å². The first kappa shape index (κ1) is 4.61. The van der Waals surface area contributed by atoms with Crippen LogP contribution in [-0.4, -0.2) is 10.8 Å². The van der Waals surface area contributed by atoms with Crippen LogP contribution in [0.15, 0.2) is 17.3 Å². The number of hydrogen-bond donors (Lipinski definition) is 1. The molecule has 0 aromatic carbocycles. The molecule has 2 heterocycles. The molecule has 0 saturated heterocycles. The molecule has 0 aliphatic carbocycles. The van der Waals surface area contributed by atoms with Crippen LogP contribution in [0.5, 0.6) is 0 Å². The van der Waals surface area contributed by atoms with Gasteiger partial charge in [0.1, 0.15) is 0 Å². The van der Waals surface area contributed by atoms with Crippen LogP contribution in [0, 0.1) is 0 Å². The molecule has 1 aromatic rings. The highest BCUT2D eigenvalue weighted by molar-refractivity contribution is 5.74. The predicted octanol–water partition coefficient (Wildman–Crippen LogP) is 0.786. The molecule has 0 amide bonds. The third-order valence-corrected chi connectivity index (χ3v) is 1.46. The second kappa shape index (κ2) is 1.37. The maximum atomic E-state index is 5.56. The molecule has 3 nitrogen and oxygen atoms in total. The van der Waals surface area contributed by atoms with E-state index in [1.54, 1.807) is 0 Å². The van der Waals surface area contributed by atoms with E-state index >= 15 is 0 Å². The van der Waals surface area contributed by atoms with Crippen LogP contribution in [-0.2, 0) is 6.54 Å². The normalized spacial score (nSPS) is 14.2. The first-order valence-electron chi connectivity index (χ1n) is 2.85. The van der Waals surface area contributed by atoms with E-state index in [0.29, 0.717) is 0 Å². The lowest BCUT2D eigenvalue weighted by Crippen LogP contribution is -1.87. The van der Waals surface area contributed by atoms with E-state index in [0.717, 1.165) is 18.1 Å². The quantitative estimate of drug-likeness (QED) is 0.541. The molecule has 0 bridgehead atoms. The van der Waals surface area contributed by atoms with Crippen molar-refractivity contribution < 1.29 is 0 Å². The molecular formula is C6H7N3. The second-order valence-electron chi connectivity index (χ2n) is 2.06. The number of rotatable bonds is 0. The van der Waals surface area contributed by atoms with Crippen molar-refractivity contribution in [2.75, 3.05) is 5.73 Å². The minimum absolute atomic E-state index is 0.767. The largest absolute Gasteiger partial charge is 0.396 e. The molecule has 46 valence electrons. The molecule has 1 aliphatic heterocycles. The van der Waals surface area contributed by atoms with Crippen molar-refractivity contribution >= 4 is 17.7 Å². The van der Waals surface area contributed by atoms with Gasteiger partial charge < -0.3 is 10.3 Å². The summed E-state index contributed by atoms with van der Waals surface area (Å²) >= 11 is 0. The van der Waals surface area contributed by atoms with Crippen molar-refractivity contribution in [3.63, 3.8) is 0 Å². The van der Waals surface area contributed by atoms with Gasteiger partial charge >= 0.3 is 0 Å². The van der Waals surface area contributed by atoms with Crippen LogP contribution in [0.1, 0.15) is 0 Å². The zero-order chi connectivity index (χ0) is 6.27. The number of fused-ring (bicyclic) bond motifs is 1. The number of nitrogen functional groups attached to an aromatic ring is 1. The Morgan fingerprint density at radius 1 is 1.67 bits per heavy atom. The molecule has 3 heteroatoms. The molecule has 0 radical (unpaired) electrons. The average Bonchev–Trinajstić information content (AvgIpc) is 2.35. The second-order valence-corrected chi connectivity index (χ2v) is 2.06. The highest BCUT2D eigenvalue weighted by Gasteiger charge is 2.06. The van der Waals surface area contributed by atoms with Gasteiger partial charge in [0.05, 0.1) is 12.2 Å². The zero-order valence-corrected chi connectivity index (χ0v) is 4.91. The molecule has 1 aliphatic rings. The van der Waals surface area contributed by atoms with Crippen LogP contribution < -0.4 is 5.73 Å². The van der Waals surface area contributed by atoms with Gasteiger partial charge in [-0.05, 0) is 6.07 Å². The van der Waals surface area contributed by atoms with Gasteiger partial charge in [0.15, 0.2) is 5.82 Å². The molecule has 0 unspecified atom stereocenters. The van der Waals surface area contributed by atoms with E-state index in [4.69, 9.17) is 5.73 Å². The first-order chi connectivity index (χ1) is 4.38. The van der Waals surface area contributed by atoms with E-state index in [9.17, 15) is 0 Å². The summed E-state index contributed by atoms with van der Waals surface area (Å²) in [5.41, 5.74) is 6.32. The number of nitrogens with two attached hydrogens (primary N) is 1. The van der Waals surface area contributed by atoms with Gasteiger partial charge in [-0.2, -0.15) is 0 Å². The summed E-state index contributed by atoms with van der Waals surface area (Å²) in [5.74, 6) is 0.898. The summed E-state index contributed by atoms with van der Waals surface area (Å²) in [6.45, 7) is 0.868. The number of aromatic nitrogens is 1. The first-order valence-corrected chi connectivity index (χ1v) is 2.85. The zero-order valence-electron chi connectivity index (χ0n) is 4.91. The lowest BCUT2D eigenvalue weighted by Gasteiger charge is -1.91. The SMILES string of the molecule is Nc1ccn2c1N=CC2. The van der Waals surface area contributed by atoms with E-state index < -0.39 is 0 Å². The van der Waals surface area contributed by atoms with Crippen LogP contribution >= 0.6 is 0 Å². The fourth-order valence-electron chi connectivity index (χ4n) is 0.993. The summed E-state index contributed by atoms with van der Waals surface area (Å²) in [7, 11) is 0. The Hall–Kier alpha value is -1.25. The molecule has 0 saturated carbocycles. The highest BCUT2D eigenvalue weighted by atomic mass is 15.1. The van der Waals surface area contributed by atoms with E-state index in [1.165, 1.54) is 0 Å². The summed E-state index contributed by atoms with van der Waals surface area (Å²) in [5, 5.41) is 0. The third kappa shape index (κ3) is 0.483. The van der Waals surface area contributed by atoms with Gasteiger partial charge in [0, 0.05) is 12.4 Å². The number of nitrogens with zero attached hydrogens (tertiary/aromatic N) is 2. The minimum Gasteiger partial charge on any atom is -0.396 e. The summed E-state index contributed by atoms with van der Waals surface area (Å²) in [4.78, 5) is 4.07. The topological polar surface area (TPSA) is 43.3 Å². The summed E-state index contributed by atoms with van der Waals surface area (Å²) in [6, 6.07) is 1.87. The Morgan fingerprint density at radius 3 is 3.33 bits per heavy atom. The van der Waals surface area contributed by atoms with Crippen molar-refractivity contribution in [3.05, 3.63) is 12.3 Å². The van der Waals surface area contributed by atoms with E-state index in [1.807, 2.05) is 23.0 Å². The Balaban J connectivity index is 2.67. The lowest BCUT2D eigenvalue weighted by molar-refractivity contribution is 0.910. The summed E-state index contributed by atoms with van der Waals surface area (Å²) in [6.07, 6.45) is 3.80. The molecule has 1 aromatic heterocycles. The monoisotopic (exact) mass is 121 g/mol. The van der Waals surface area contributed by atoms with Crippen molar-refractivity contribution in [1.82, 2.24) is 4.57 Å². The predicted molar refractivity (Wildman–Crippen MR) is 37.0 cm³/mol. The van der Waals surface area contributed by atoms with Crippen molar-refractivity contribution in [2.45, 2.75) is 6.54 Å². The molecular weight excluding hydrogens is 114 g/mol. The fraction of sp³-hybridized carbons (Fsp3) is 0.167. The standard InChI is InChI=1S/C6H7N3/c7-5-1-3-9-4-2-8-6(5)9/h1-3H,4,7H2. The van der Waals surface area contributed by atoms with Gasteiger partial charge in [0.2, 0.25) is 0 Å². The number of hydrogen-bond acceptors (Lipinski definition) is 2. The Bertz CT molecular complexity index is 259. The molecule has 9 heavy (non-hydrogen) atoms. The third-order valence-electron chi connectivity index (χ3n) is 1.46. The molecule has 0 atom stereocenters. The minimum atomic E-state index is 0.767. The van der Waals surface area contributed by atoms with Crippen molar-refractivity contribution in [2.24, 2.45) is 4.99 Å². The van der Waals surface area contributed by atoms with Crippen molar-refractivity contribution in [1.29, 1.82) is 0 Å². The van der Waals surface area contributed by atoms with Gasteiger partial charge in [0.25, 0.3) is 0 Å². The smallest absolute Gasteiger partial charge is 0.155 e. The van der Waals surface area contributed by atoms with Crippen LogP contribution in [0.3, 0.4) is 0 Å². The number of aliphatic imine (C=N–C) groups is 1. The lowest BCUT2D eigenvalue weighted by atomic mass is 10.5. The molecule has 2 rings (SSSR count). The van der Waals surface area contributed by atoms with Gasteiger partial charge in [-0.25, -0.2) is 4.99 Å². The Kier molecular flexibility index (Phi) is 0.704. The number of anilines is 1. The van der Waals surface area contributed by atoms with E-state index in [2.05, 4.69) is 4.99 Å². The van der Waals surface area contributed by atoms with Crippen LogP contribution in [0.2, 0.25) is 0 Å². The van der Waals surface area contributed by atoms with Gasteiger partial charge in [-0.1, -0.05) is 0 Å². The average molecular weight is 121 g/mol. The highest BCUT2D eigenvalue weighted by Crippen LogP contribution is 2.25. The molecule has 0 spiro atoms. The van der Waals surface area contributed by atoms with Gasteiger partial charge in [-0.3, -0.25) is 0 Å². The maximum Gasteiger partial charge on any atom is 0.155 e. The Morgan fingerprint density at radius 2 is 2.56 bits per heavy atom. The Labute approximate surface area is 52.8 Å². The maximum absolute atomic E-state index is 5.56. The van der Waals surface area contributed by atoms with Crippen molar-refractivity contribution in [3.8, 4) is 0 Å². The summed E-state index contributed by atoms with van der Waals surface area (Å²) < 4.78 is 2.01. The van der Waals surface area contributed by atoms with Crippen LogP contribution in [0.25, 0.3) is 0 Å². The van der Waals surface area contributed by atoms with Gasteiger partial charge in [-0.15, -0.1) is 0 Å².